The number of carbonyl (C=O) groups is 1. The molecule has 1 N–H and O–H groups in total. The van der Waals surface area contributed by atoms with Gasteiger partial charge < -0.3 is 10.2 Å². The Labute approximate surface area is 143 Å². The van der Waals surface area contributed by atoms with Crippen molar-refractivity contribution in [3.05, 3.63) is 48.0 Å². The molecule has 0 aliphatic rings. The van der Waals surface area contributed by atoms with E-state index in [0.717, 1.165) is 22.9 Å². The number of fused-ring (bicyclic) bond motifs is 1. The molecule has 0 radical (unpaired) electrons. The van der Waals surface area contributed by atoms with Crippen molar-refractivity contribution in [3.63, 3.8) is 0 Å². The average molecular weight is 337 g/mol. The van der Waals surface area contributed by atoms with Crippen molar-refractivity contribution in [3.8, 4) is 6.07 Å². The molecule has 1 amide bonds. The summed E-state index contributed by atoms with van der Waals surface area (Å²) in [5, 5.41) is 11.9. The van der Waals surface area contributed by atoms with E-state index in [2.05, 4.69) is 20.1 Å². The lowest BCUT2D eigenvalue weighted by Gasteiger charge is -2.22. The van der Waals surface area contributed by atoms with E-state index in [0.29, 0.717) is 23.3 Å². The predicted molar refractivity (Wildman–Crippen MR) is 95.1 cm³/mol. The molecule has 7 heteroatoms. The van der Waals surface area contributed by atoms with Crippen LogP contribution in [0.1, 0.15) is 12.5 Å². The molecule has 0 aliphatic carbocycles. The molecule has 0 spiro atoms. The highest BCUT2D eigenvalue weighted by Crippen LogP contribution is 2.21. The predicted octanol–water partition coefficient (Wildman–Crippen LogP) is 3.03. The van der Waals surface area contributed by atoms with Gasteiger partial charge in [0.05, 0.1) is 35.6 Å². The smallest absolute Gasteiger partial charge is 0.243 e. The summed E-state index contributed by atoms with van der Waals surface area (Å²) >= 11 is 1.12. The molecular formula is C17H15N5OS. The highest BCUT2D eigenvalue weighted by atomic mass is 32.1. The Morgan fingerprint density at radius 2 is 2.12 bits per heavy atom. The lowest BCUT2D eigenvalue weighted by Crippen LogP contribution is -2.33. The monoisotopic (exact) mass is 337 g/mol. The van der Waals surface area contributed by atoms with Gasteiger partial charge >= 0.3 is 0 Å². The number of hydrogen-bond acceptors (Lipinski definition) is 6. The first-order chi connectivity index (χ1) is 11.7. The van der Waals surface area contributed by atoms with Gasteiger partial charge in [-0.25, -0.2) is 0 Å². The van der Waals surface area contributed by atoms with E-state index >= 15 is 0 Å². The topological polar surface area (TPSA) is 81.9 Å². The highest BCUT2D eigenvalue weighted by Gasteiger charge is 2.13. The summed E-state index contributed by atoms with van der Waals surface area (Å²) < 4.78 is 8.39. The maximum absolute atomic E-state index is 12.4. The van der Waals surface area contributed by atoms with E-state index in [1.54, 1.807) is 12.1 Å². The number of anilines is 2. The van der Waals surface area contributed by atoms with Gasteiger partial charge in [0.15, 0.2) is 0 Å². The lowest BCUT2D eigenvalue weighted by molar-refractivity contribution is -0.115. The Balaban J connectivity index is 1.75. The molecule has 0 saturated heterocycles. The van der Waals surface area contributed by atoms with Crippen molar-refractivity contribution >= 4 is 40.0 Å². The quantitative estimate of drug-likeness (QED) is 0.774. The molecule has 3 rings (SSSR count). The van der Waals surface area contributed by atoms with Gasteiger partial charge in [-0.1, -0.05) is 12.1 Å². The SMILES string of the molecule is CCN(CC(=O)Nc1cccc2nsnc12)c1cccc(C#N)c1. The molecule has 0 atom stereocenters. The number of likely N-dealkylation sites (N-methyl/N-ethyl adjacent to an activating group) is 1. The number of nitrogens with zero attached hydrogens (tertiary/aromatic N) is 4. The lowest BCUT2D eigenvalue weighted by atomic mass is 10.2. The number of hydrogen-bond donors (Lipinski definition) is 1. The van der Waals surface area contributed by atoms with Gasteiger partial charge in [0, 0.05) is 12.2 Å². The van der Waals surface area contributed by atoms with Crippen LogP contribution in [-0.4, -0.2) is 27.7 Å². The van der Waals surface area contributed by atoms with E-state index in [-0.39, 0.29) is 12.5 Å². The summed E-state index contributed by atoms with van der Waals surface area (Å²) in [6.07, 6.45) is 0. The Kier molecular flexibility index (Phi) is 4.68. The van der Waals surface area contributed by atoms with Gasteiger partial charge in [0.1, 0.15) is 11.0 Å². The van der Waals surface area contributed by atoms with Gasteiger partial charge in [-0.15, -0.1) is 0 Å². The third kappa shape index (κ3) is 3.34. The van der Waals surface area contributed by atoms with Gasteiger partial charge in [0.25, 0.3) is 0 Å². The molecule has 1 heterocycles. The maximum Gasteiger partial charge on any atom is 0.243 e. The largest absolute Gasteiger partial charge is 0.362 e. The van der Waals surface area contributed by atoms with Crippen LogP contribution in [0.5, 0.6) is 0 Å². The van der Waals surface area contributed by atoms with Crippen molar-refractivity contribution in [2.45, 2.75) is 6.92 Å². The molecule has 0 fully saturated rings. The van der Waals surface area contributed by atoms with Gasteiger partial charge in [-0.2, -0.15) is 14.0 Å². The first-order valence-electron chi connectivity index (χ1n) is 7.47. The van der Waals surface area contributed by atoms with Crippen LogP contribution in [0.4, 0.5) is 11.4 Å². The summed E-state index contributed by atoms with van der Waals surface area (Å²) in [6, 6.07) is 14.9. The molecule has 120 valence electrons. The van der Waals surface area contributed by atoms with E-state index in [1.165, 1.54) is 0 Å². The number of aromatic nitrogens is 2. The molecule has 0 saturated carbocycles. The molecular weight excluding hydrogens is 322 g/mol. The minimum absolute atomic E-state index is 0.139. The Morgan fingerprint density at radius 3 is 2.92 bits per heavy atom. The first kappa shape index (κ1) is 15.9. The van der Waals surface area contributed by atoms with Crippen molar-refractivity contribution < 1.29 is 4.79 Å². The fourth-order valence-electron chi connectivity index (χ4n) is 2.43. The Hall–Kier alpha value is -2.98. The number of carbonyl (C=O) groups excluding carboxylic acids is 1. The van der Waals surface area contributed by atoms with Crippen LogP contribution in [0.25, 0.3) is 11.0 Å². The van der Waals surface area contributed by atoms with Crippen LogP contribution in [0.2, 0.25) is 0 Å². The zero-order valence-corrected chi connectivity index (χ0v) is 13.9. The van der Waals surface area contributed by atoms with Gasteiger partial charge in [0.2, 0.25) is 5.91 Å². The van der Waals surface area contributed by atoms with E-state index in [9.17, 15) is 4.79 Å². The minimum atomic E-state index is -0.139. The summed E-state index contributed by atoms with van der Waals surface area (Å²) in [5.41, 5.74) is 3.55. The first-order valence-corrected chi connectivity index (χ1v) is 8.20. The van der Waals surface area contributed by atoms with Crippen molar-refractivity contribution in [2.24, 2.45) is 0 Å². The van der Waals surface area contributed by atoms with E-state index < -0.39 is 0 Å². The molecule has 1 aromatic heterocycles. The molecule has 0 unspecified atom stereocenters. The number of rotatable bonds is 5. The van der Waals surface area contributed by atoms with Crippen LogP contribution >= 0.6 is 11.7 Å². The number of benzene rings is 2. The average Bonchev–Trinajstić information content (AvgIpc) is 3.09. The van der Waals surface area contributed by atoms with Crippen LogP contribution in [0.3, 0.4) is 0 Å². The summed E-state index contributed by atoms with van der Waals surface area (Å²) in [7, 11) is 0. The van der Waals surface area contributed by atoms with E-state index in [4.69, 9.17) is 5.26 Å². The number of amides is 1. The second-order valence-corrected chi connectivity index (χ2v) is 5.69. The Morgan fingerprint density at radius 1 is 1.29 bits per heavy atom. The second-order valence-electron chi connectivity index (χ2n) is 5.16. The maximum atomic E-state index is 12.4. The number of nitrogens with one attached hydrogen (secondary N) is 1. The minimum Gasteiger partial charge on any atom is -0.362 e. The van der Waals surface area contributed by atoms with Gasteiger partial charge in [-0.05, 0) is 37.3 Å². The number of nitriles is 1. The second kappa shape index (κ2) is 7.06. The summed E-state index contributed by atoms with van der Waals surface area (Å²) in [6.45, 7) is 2.82. The van der Waals surface area contributed by atoms with Crippen LogP contribution < -0.4 is 10.2 Å². The fourth-order valence-corrected chi connectivity index (χ4v) is 2.98. The van der Waals surface area contributed by atoms with Crippen LogP contribution in [0, 0.1) is 11.3 Å². The molecule has 0 bridgehead atoms. The highest BCUT2D eigenvalue weighted by molar-refractivity contribution is 7.00. The van der Waals surface area contributed by atoms with Crippen molar-refractivity contribution in [1.82, 2.24) is 8.75 Å². The fraction of sp³-hybridized carbons (Fsp3) is 0.176. The van der Waals surface area contributed by atoms with Crippen LogP contribution in [-0.2, 0) is 4.79 Å². The van der Waals surface area contributed by atoms with E-state index in [1.807, 2.05) is 42.2 Å². The van der Waals surface area contributed by atoms with Gasteiger partial charge in [-0.3, -0.25) is 4.79 Å². The summed E-state index contributed by atoms with van der Waals surface area (Å²) in [5.74, 6) is -0.139. The normalized spacial score (nSPS) is 10.3. The third-order valence-corrected chi connectivity index (χ3v) is 4.16. The zero-order chi connectivity index (χ0) is 16.9. The summed E-state index contributed by atoms with van der Waals surface area (Å²) in [4.78, 5) is 14.3. The van der Waals surface area contributed by atoms with Crippen molar-refractivity contribution in [2.75, 3.05) is 23.3 Å². The molecule has 3 aromatic rings. The molecule has 24 heavy (non-hydrogen) atoms. The Bertz CT molecular complexity index is 914. The van der Waals surface area contributed by atoms with Crippen molar-refractivity contribution in [1.29, 1.82) is 5.26 Å². The zero-order valence-electron chi connectivity index (χ0n) is 13.1. The third-order valence-electron chi connectivity index (χ3n) is 3.62. The molecule has 6 nitrogen and oxygen atoms in total. The van der Waals surface area contributed by atoms with Crippen LogP contribution in [0.15, 0.2) is 42.5 Å². The molecule has 2 aromatic carbocycles. The molecule has 0 aliphatic heterocycles. The standard InChI is InChI=1S/C17H15N5OS/c1-2-22(13-6-3-5-12(9-13)10-18)11-16(23)19-14-7-4-8-15-17(14)21-24-20-15/h3-9H,2,11H2,1H3,(H,19,23).